The number of para-hydroxylation sites is 1. The number of rotatable bonds is 7. The molecule has 0 spiro atoms. The van der Waals surface area contributed by atoms with Crippen LogP contribution in [0.4, 0.5) is 5.69 Å². The van der Waals surface area contributed by atoms with E-state index in [1.807, 2.05) is 69.3 Å². The van der Waals surface area contributed by atoms with Gasteiger partial charge in [0.05, 0.1) is 6.04 Å². The van der Waals surface area contributed by atoms with Crippen LogP contribution in [-0.4, -0.2) is 24.5 Å². The highest BCUT2D eigenvalue weighted by Crippen LogP contribution is 2.16. The van der Waals surface area contributed by atoms with Crippen molar-refractivity contribution in [3.8, 4) is 5.75 Å². The van der Waals surface area contributed by atoms with E-state index in [-0.39, 0.29) is 24.3 Å². The summed E-state index contributed by atoms with van der Waals surface area (Å²) in [5.41, 5.74) is 2.83. The molecule has 2 N–H and O–H groups in total. The van der Waals surface area contributed by atoms with Crippen LogP contribution in [0.3, 0.4) is 0 Å². The molecule has 0 aliphatic heterocycles. The van der Waals surface area contributed by atoms with Crippen LogP contribution in [0.25, 0.3) is 0 Å². The van der Waals surface area contributed by atoms with E-state index >= 15 is 0 Å². The van der Waals surface area contributed by atoms with Crippen LogP contribution < -0.4 is 15.4 Å². The summed E-state index contributed by atoms with van der Waals surface area (Å²) >= 11 is 0. The Morgan fingerprint density at radius 1 is 1.00 bits per heavy atom. The first-order valence-electron chi connectivity index (χ1n) is 8.28. The van der Waals surface area contributed by atoms with E-state index in [1.165, 1.54) is 0 Å². The zero-order chi connectivity index (χ0) is 18.2. The minimum atomic E-state index is -0.339. The molecule has 2 aromatic carbocycles. The molecule has 0 aromatic heterocycles. The predicted octanol–water partition coefficient (Wildman–Crippen LogP) is 3.22. The number of aryl methyl sites for hydroxylation is 2. The number of nitrogens with one attached hydrogen (secondary N) is 2. The standard InChI is InChI=1S/C20H24N2O3/c1-14-8-10-17(11-9-14)22-20(24)12-19(23)21-16(3)13-25-18-7-5-4-6-15(18)2/h4-11,16H,12-13H2,1-3H3,(H,21,23)(H,22,24)/t16-/m0/s1. The van der Waals surface area contributed by atoms with E-state index in [0.29, 0.717) is 12.3 Å². The van der Waals surface area contributed by atoms with Gasteiger partial charge in [0, 0.05) is 5.69 Å². The van der Waals surface area contributed by atoms with Gasteiger partial charge in [-0.2, -0.15) is 0 Å². The Morgan fingerprint density at radius 3 is 2.36 bits per heavy atom. The minimum absolute atomic E-state index is 0.195. The van der Waals surface area contributed by atoms with Crippen LogP contribution in [0.2, 0.25) is 0 Å². The zero-order valence-electron chi connectivity index (χ0n) is 14.8. The SMILES string of the molecule is Cc1ccc(NC(=O)CC(=O)N[C@@H](C)COc2ccccc2C)cc1. The van der Waals surface area contributed by atoms with Crippen molar-refractivity contribution in [1.29, 1.82) is 0 Å². The van der Waals surface area contributed by atoms with Gasteiger partial charge in [-0.15, -0.1) is 0 Å². The number of carbonyl (C=O) groups excluding carboxylic acids is 2. The number of benzene rings is 2. The fourth-order valence-electron chi connectivity index (χ4n) is 2.29. The third kappa shape index (κ3) is 6.30. The molecule has 0 bridgehead atoms. The zero-order valence-corrected chi connectivity index (χ0v) is 14.8. The van der Waals surface area contributed by atoms with Crippen molar-refractivity contribution < 1.29 is 14.3 Å². The van der Waals surface area contributed by atoms with Crippen LogP contribution in [0, 0.1) is 13.8 Å². The van der Waals surface area contributed by atoms with Crippen molar-refractivity contribution in [2.24, 2.45) is 0 Å². The van der Waals surface area contributed by atoms with Gasteiger partial charge in [-0.25, -0.2) is 0 Å². The summed E-state index contributed by atoms with van der Waals surface area (Å²) in [5, 5.41) is 5.48. The predicted molar refractivity (Wildman–Crippen MR) is 98.7 cm³/mol. The van der Waals surface area contributed by atoms with Crippen molar-refractivity contribution in [1.82, 2.24) is 5.32 Å². The van der Waals surface area contributed by atoms with E-state index in [1.54, 1.807) is 0 Å². The van der Waals surface area contributed by atoms with Gasteiger partial charge in [-0.05, 0) is 44.5 Å². The van der Waals surface area contributed by atoms with E-state index < -0.39 is 0 Å². The molecule has 0 aliphatic carbocycles. The third-order valence-corrected chi connectivity index (χ3v) is 3.65. The Kier molecular flexibility index (Phi) is 6.57. The van der Waals surface area contributed by atoms with Crippen LogP contribution in [0.5, 0.6) is 5.75 Å². The van der Waals surface area contributed by atoms with E-state index in [9.17, 15) is 9.59 Å². The fourth-order valence-corrected chi connectivity index (χ4v) is 2.29. The molecule has 0 heterocycles. The summed E-state index contributed by atoms with van der Waals surface area (Å²) in [4.78, 5) is 23.9. The number of amides is 2. The molecule has 132 valence electrons. The van der Waals surface area contributed by atoms with E-state index in [0.717, 1.165) is 16.9 Å². The Labute approximate surface area is 148 Å². The van der Waals surface area contributed by atoms with Crippen molar-refractivity contribution in [3.05, 3.63) is 59.7 Å². The molecule has 0 saturated heterocycles. The smallest absolute Gasteiger partial charge is 0.233 e. The average Bonchev–Trinajstić information content (AvgIpc) is 2.56. The summed E-state index contributed by atoms with van der Waals surface area (Å²) < 4.78 is 5.70. The van der Waals surface area contributed by atoms with Gasteiger partial charge in [-0.3, -0.25) is 9.59 Å². The largest absolute Gasteiger partial charge is 0.491 e. The molecule has 2 rings (SSSR count). The number of hydrogen-bond acceptors (Lipinski definition) is 3. The van der Waals surface area contributed by atoms with Gasteiger partial charge in [0.1, 0.15) is 18.8 Å². The second kappa shape index (κ2) is 8.87. The summed E-state index contributed by atoms with van der Waals surface area (Å²) in [7, 11) is 0. The van der Waals surface area contributed by atoms with Crippen LogP contribution in [0.15, 0.2) is 48.5 Å². The summed E-state index contributed by atoms with van der Waals surface area (Å²) in [6.07, 6.45) is -0.220. The molecular formula is C20H24N2O3. The topological polar surface area (TPSA) is 67.4 Å². The number of ether oxygens (including phenoxy) is 1. The van der Waals surface area contributed by atoms with Gasteiger partial charge < -0.3 is 15.4 Å². The molecular weight excluding hydrogens is 316 g/mol. The van der Waals surface area contributed by atoms with Crippen molar-refractivity contribution in [3.63, 3.8) is 0 Å². The van der Waals surface area contributed by atoms with Crippen LogP contribution in [0.1, 0.15) is 24.5 Å². The first-order valence-corrected chi connectivity index (χ1v) is 8.28. The second-order valence-electron chi connectivity index (χ2n) is 6.14. The van der Waals surface area contributed by atoms with Gasteiger partial charge in [-0.1, -0.05) is 35.9 Å². The summed E-state index contributed by atoms with van der Waals surface area (Å²) in [6.45, 7) is 6.12. The average molecular weight is 340 g/mol. The molecule has 0 fully saturated rings. The Balaban J connectivity index is 1.74. The summed E-state index contributed by atoms with van der Waals surface area (Å²) in [6, 6.07) is 14.9. The molecule has 2 amide bonds. The molecule has 5 heteroatoms. The molecule has 2 aromatic rings. The highest BCUT2D eigenvalue weighted by molar-refractivity contribution is 6.03. The Bertz CT molecular complexity index is 726. The number of carbonyl (C=O) groups is 2. The first kappa shape index (κ1) is 18.5. The molecule has 0 radical (unpaired) electrons. The van der Waals surface area contributed by atoms with Gasteiger partial charge in [0.15, 0.2) is 0 Å². The lowest BCUT2D eigenvalue weighted by atomic mass is 10.2. The van der Waals surface area contributed by atoms with Gasteiger partial charge in [0.25, 0.3) is 0 Å². The maximum absolute atomic E-state index is 12.0. The maximum Gasteiger partial charge on any atom is 0.233 e. The lowest BCUT2D eigenvalue weighted by molar-refractivity contribution is -0.127. The Morgan fingerprint density at radius 2 is 1.68 bits per heavy atom. The van der Waals surface area contributed by atoms with Gasteiger partial charge >= 0.3 is 0 Å². The Hall–Kier alpha value is -2.82. The third-order valence-electron chi connectivity index (χ3n) is 3.65. The lowest BCUT2D eigenvalue weighted by Crippen LogP contribution is -2.38. The second-order valence-corrected chi connectivity index (χ2v) is 6.14. The molecule has 25 heavy (non-hydrogen) atoms. The van der Waals surface area contributed by atoms with Crippen LogP contribution in [-0.2, 0) is 9.59 Å². The molecule has 0 saturated carbocycles. The number of anilines is 1. The van der Waals surface area contributed by atoms with Crippen molar-refractivity contribution >= 4 is 17.5 Å². The molecule has 1 atom stereocenters. The molecule has 5 nitrogen and oxygen atoms in total. The first-order chi connectivity index (χ1) is 11.9. The van der Waals surface area contributed by atoms with Crippen molar-refractivity contribution in [2.45, 2.75) is 33.2 Å². The monoisotopic (exact) mass is 340 g/mol. The quantitative estimate of drug-likeness (QED) is 0.761. The molecule has 0 aliphatic rings. The fraction of sp³-hybridized carbons (Fsp3) is 0.300. The maximum atomic E-state index is 12.0. The highest BCUT2D eigenvalue weighted by atomic mass is 16.5. The van der Waals surface area contributed by atoms with Crippen molar-refractivity contribution in [2.75, 3.05) is 11.9 Å². The van der Waals surface area contributed by atoms with E-state index in [2.05, 4.69) is 10.6 Å². The normalized spacial score (nSPS) is 11.5. The highest BCUT2D eigenvalue weighted by Gasteiger charge is 2.13. The number of hydrogen-bond donors (Lipinski definition) is 2. The molecule has 0 unspecified atom stereocenters. The minimum Gasteiger partial charge on any atom is -0.491 e. The van der Waals surface area contributed by atoms with Crippen LogP contribution >= 0.6 is 0 Å². The lowest BCUT2D eigenvalue weighted by Gasteiger charge is -2.16. The van der Waals surface area contributed by atoms with Gasteiger partial charge in [0.2, 0.25) is 11.8 Å². The van der Waals surface area contributed by atoms with E-state index in [4.69, 9.17) is 4.74 Å². The summed E-state index contributed by atoms with van der Waals surface area (Å²) in [5.74, 6) is 0.125.